The molecule has 0 atom stereocenters. The average molecular weight is 152 g/mol. The number of rotatable bonds is 0. The van der Waals surface area contributed by atoms with Gasteiger partial charge in [-0.05, 0) is 0 Å². The maximum atomic E-state index is 9.62. The normalized spacial score (nSPS) is 5.27. The molecule has 0 aromatic rings. The van der Waals surface area contributed by atoms with E-state index < -0.39 is 19.8 Å². The molecule has 0 rings (SSSR count). The molecule has 0 spiro atoms. The second-order valence-electron chi connectivity index (χ2n) is 0.676. The fourth-order valence-electron chi connectivity index (χ4n) is 0. The monoisotopic (exact) mass is 152 g/mol. The Kier molecular flexibility index (Phi) is 33.8. The van der Waals surface area contributed by atoms with Gasteiger partial charge in [-0.3, -0.25) is 8.63 Å². The summed E-state index contributed by atoms with van der Waals surface area (Å²) in [7, 11) is -1.75. The van der Waals surface area contributed by atoms with E-state index in [1.807, 2.05) is 0 Å². The van der Waals surface area contributed by atoms with Crippen LogP contribution in [-0.2, 0) is 9.59 Å². The smallest absolute Gasteiger partial charge is 0.543 e. The Balaban J connectivity index is -0.0000000437. The van der Waals surface area contributed by atoms with Crippen molar-refractivity contribution in [2.45, 2.75) is 0 Å². The minimum atomic E-state index is -2.19. The Morgan fingerprint density at radius 1 is 1.00 bits per heavy atom. The maximum absolute atomic E-state index is 9.62. The van der Waals surface area contributed by atoms with Crippen LogP contribution >= 0.6 is 0 Å². The molecule has 0 aromatic carbocycles. The van der Waals surface area contributed by atoms with Crippen molar-refractivity contribution in [3.8, 4) is 0 Å². The molecule has 0 aromatic heterocycles. The molecular weight excluding hydrogens is 151 g/mol. The SMILES string of the molecule is FBF.O=C([O-])C(=O)[O-].[Li+].[Li+]. The van der Waals surface area contributed by atoms with E-state index in [0.29, 0.717) is 0 Å². The minimum absolute atomic E-state index is 0. The summed E-state index contributed by atoms with van der Waals surface area (Å²) in [6, 6.07) is 0. The van der Waals surface area contributed by atoms with E-state index in [9.17, 15) is 8.63 Å². The van der Waals surface area contributed by atoms with Crippen LogP contribution in [0.15, 0.2) is 0 Å². The van der Waals surface area contributed by atoms with E-state index in [0.717, 1.165) is 0 Å². The second-order valence-corrected chi connectivity index (χ2v) is 0.676. The molecule has 0 amide bonds. The zero-order valence-electron chi connectivity index (χ0n) is 6.10. The molecule has 4 nitrogen and oxygen atoms in total. The number of halogens is 2. The van der Waals surface area contributed by atoms with Crippen molar-refractivity contribution in [2.75, 3.05) is 0 Å². The molecule has 0 unspecified atom stereocenters. The van der Waals surface area contributed by atoms with Gasteiger partial charge in [-0.1, -0.05) is 0 Å². The third-order valence-electron chi connectivity index (χ3n) is 0.167. The van der Waals surface area contributed by atoms with E-state index in [4.69, 9.17) is 19.8 Å². The number of carbonyl (C=O) groups excluding carboxylic acids is 2. The van der Waals surface area contributed by atoms with Gasteiger partial charge in [-0.25, -0.2) is 0 Å². The molecule has 0 fully saturated rings. The van der Waals surface area contributed by atoms with Crippen LogP contribution in [0.4, 0.5) is 8.63 Å². The average Bonchev–Trinajstić information content (AvgIpc) is 1.68. The largest absolute Gasteiger partial charge is 1.00 e. The van der Waals surface area contributed by atoms with Gasteiger partial charge in [0.25, 0.3) is 0 Å². The van der Waals surface area contributed by atoms with Crippen LogP contribution in [0.3, 0.4) is 0 Å². The van der Waals surface area contributed by atoms with Crippen LogP contribution in [0.5, 0.6) is 0 Å². The molecule has 0 aliphatic carbocycles. The number of hydrogen-bond donors (Lipinski definition) is 0. The quantitative estimate of drug-likeness (QED) is 0.255. The third-order valence-corrected chi connectivity index (χ3v) is 0.167. The molecule has 9 heteroatoms. The Labute approximate surface area is 86.0 Å². The van der Waals surface area contributed by atoms with Gasteiger partial charge in [0.05, 0.1) is 11.9 Å². The van der Waals surface area contributed by atoms with Crippen molar-refractivity contribution in [3.63, 3.8) is 0 Å². The zero-order valence-corrected chi connectivity index (χ0v) is 6.10. The van der Waals surface area contributed by atoms with Gasteiger partial charge < -0.3 is 19.8 Å². The van der Waals surface area contributed by atoms with Crippen LogP contribution in [0.25, 0.3) is 0 Å². The fourth-order valence-corrected chi connectivity index (χ4v) is 0. The molecule has 0 aliphatic rings. The molecule has 0 bridgehead atoms. The Morgan fingerprint density at radius 3 is 1.09 bits per heavy atom. The Bertz CT molecular complexity index is 100. The maximum Gasteiger partial charge on any atom is 1.00 e. The summed E-state index contributed by atoms with van der Waals surface area (Å²) >= 11 is 0. The summed E-state index contributed by atoms with van der Waals surface area (Å²) in [5, 5.41) is 17.9. The molecule has 11 heavy (non-hydrogen) atoms. The van der Waals surface area contributed by atoms with Crippen LogP contribution in [0.2, 0.25) is 0 Å². The number of hydrogen-bond acceptors (Lipinski definition) is 4. The number of aliphatic carboxylic acids is 2. The van der Waals surface area contributed by atoms with Crippen LogP contribution in [-0.4, -0.2) is 19.8 Å². The van der Waals surface area contributed by atoms with E-state index in [2.05, 4.69) is 0 Å². The van der Waals surface area contributed by atoms with Gasteiger partial charge in [0.15, 0.2) is 0 Å². The van der Waals surface area contributed by atoms with E-state index in [-0.39, 0.29) is 37.7 Å². The van der Waals surface area contributed by atoms with Crippen molar-refractivity contribution in [1.29, 1.82) is 0 Å². The third kappa shape index (κ3) is 39.6. The first-order valence-electron chi connectivity index (χ1n) is 1.60. The molecule has 52 valence electrons. The van der Waals surface area contributed by atoms with Crippen molar-refractivity contribution in [1.82, 2.24) is 0 Å². The van der Waals surface area contributed by atoms with Crippen LogP contribution in [0.1, 0.15) is 0 Å². The summed E-state index contributed by atoms with van der Waals surface area (Å²) in [6.45, 7) is 0. The van der Waals surface area contributed by atoms with Gasteiger partial charge in [0.2, 0.25) is 0 Å². The summed E-state index contributed by atoms with van der Waals surface area (Å²) in [5.41, 5.74) is 0. The Hall–Kier alpha value is 0.0597. The first-order valence-corrected chi connectivity index (χ1v) is 1.60. The number of carbonyl (C=O) groups is 2. The summed E-state index contributed by atoms with van der Waals surface area (Å²) < 4.78 is 19.2. The van der Waals surface area contributed by atoms with Crippen molar-refractivity contribution >= 4 is 19.8 Å². The number of carboxylic acids is 2. The van der Waals surface area contributed by atoms with Gasteiger partial charge in [-0.2, -0.15) is 0 Å². The first-order chi connectivity index (χ1) is 4.06. The molecule has 0 aliphatic heterocycles. The van der Waals surface area contributed by atoms with E-state index >= 15 is 0 Å². The summed E-state index contributed by atoms with van der Waals surface area (Å²) in [4.78, 5) is 17.9. The van der Waals surface area contributed by atoms with Crippen molar-refractivity contribution in [3.05, 3.63) is 0 Å². The van der Waals surface area contributed by atoms with E-state index in [1.165, 1.54) is 0 Å². The molecule has 0 saturated heterocycles. The van der Waals surface area contributed by atoms with Crippen molar-refractivity contribution < 1.29 is 66.2 Å². The molecule has 0 N–H and O–H groups in total. The molecular formula is C2HBF2Li2O4. The minimum Gasteiger partial charge on any atom is -0.543 e. The van der Waals surface area contributed by atoms with E-state index in [1.54, 1.807) is 0 Å². The van der Waals surface area contributed by atoms with Gasteiger partial charge in [0, 0.05) is 0 Å². The topological polar surface area (TPSA) is 80.3 Å². The summed E-state index contributed by atoms with van der Waals surface area (Å²) in [5.74, 6) is -4.37. The van der Waals surface area contributed by atoms with Gasteiger partial charge in [0.1, 0.15) is 0 Å². The standard InChI is InChI=1S/C2H2O4.BF2H.2Li/c3-1(4)2(5)6;2-1-3;;/h(H,3,4)(H,5,6);1H;;/q;;2*+1/p-2. The van der Waals surface area contributed by atoms with Gasteiger partial charge >= 0.3 is 45.6 Å². The number of carboxylic acid groups (broad SMARTS) is 2. The van der Waals surface area contributed by atoms with Crippen LogP contribution < -0.4 is 47.9 Å². The zero-order chi connectivity index (χ0) is 7.86. The predicted molar refractivity (Wildman–Crippen MR) is 19.4 cm³/mol. The Morgan fingerprint density at radius 2 is 1.09 bits per heavy atom. The summed E-state index contributed by atoms with van der Waals surface area (Å²) in [6.07, 6.45) is 0. The predicted octanol–water partition coefficient (Wildman–Crippen LogP) is -9.31. The van der Waals surface area contributed by atoms with Crippen molar-refractivity contribution in [2.24, 2.45) is 0 Å². The second kappa shape index (κ2) is 16.6. The fraction of sp³-hybridized carbons (Fsp3) is 0. The van der Waals surface area contributed by atoms with Crippen LogP contribution in [0, 0.1) is 0 Å². The molecule has 0 heterocycles. The first kappa shape index (κ1) is 22.5. The molecule has 0 radical (unpaired) electrons. The molecule has 0 saturated carbocycles. The van der Waals surface area contributed by atoms with Gasteiger partial charge in [-0.15, -0.1) is 0 Å².